The summed E-state index contributed by atoms with van der Waals surface area (Å²) in [6.07, 6.45) is 4.24. The number of rotatable bonds is 5. The highest BCUT2D eigenvalue weighted by atomic mass is 32.2. The predicted molar refractivity (Wildman–Crippen MR) is 123 cm³/mol. The minimum absolute atomic E-state index is 0.0406. The first kappa shape index (κ1) is 20.8. The number of carbonyl (C=O) groups is 2. The van der Waals surface area contributed by atoms with E-state index in [4.69, 9.17) is 0 Å². The van der Waals surface area contributed by atoms with Crippen LogP contribution in [0.3, 0.4) is 0 Å². The molecule has 2 heterocycles. The molecule has 2 fully saturated rings. The van der Waals surface area contributed by atoms with Crippen LogP contribution in [0.5, 0.6) is 0 Å². The van der Waals surface area contributed by atoms with E-state index in [2.05, 4.69) is 29.2 Å². The molecule has 2 amide bonds. The van der Waals surface area contributed by atoms with Crippen molar-refractivity contribution in [3.63, 3.8) is 0 Å². The Morgan fingerprint density at radius 3 is 2.43 bits per heavy atom. The fourth-order valence-electron chi connectivity index (χ4n) is 4.52. The molecule has 2 saturated heterocycles. The molecule has 2 aromatic rings. The third-order valence-electron chi connectivity index (χ3n) is 6.32. The first-order valence-electron chi connectivity index (χ1n) is 10.6. The summed E-state index contributed by atoms with van der Waals surface area (Å²) in [4.78, 5) is 33.0. The number of piperidine rings is 1. The van der Waals surface area contributed by atoms with Gasteiger partial charge in [-0.25, -0.2) is 0 Å². The van der Waals surface area contributed by atoms with Crippen LogP contribution in [0, 0.1) is 5.92 Å². The van der Waals surface area contributed by atoms with Crippen LogP contribution in [0.4, 0.5) is 11.4 Å². The Morgan fingerprint density at radius 1 is 1.03 bits per heavy atom. The highest BCUT2D eigenvalue weighted by Crippen LogP contribution is 2.30. The molecule has 30 heavy (non-hydrogen) atoms. The third-order valence-corrected chi connectivity index (χ3v) is 7.05. The molecular weight excluding hydrogens is 394 g/mol. The van der Waals surface area contributed by atoms with E-state index >= 15 is 0 Å². The molecule has 0 saturated carbocycles. The van der Waals surface area contributed by atoms with Crippen LogP contribution in [0.1, 0.15) is 19.3 Å². The van der Waals surface area contributed by atoms with Crippen LogP contribution >= 0.6 is 11.8 Å². The van der Waals surface area contributed by atoms with Crippen molar-refractivity contribution in [1.82, 2.24) is 4.90 Å². The van der Waals surface area contributed by atoms with Gasteiger partial charge < -0.3 is 14.7 Å². The standard InChI is InChI=1S/C24H29N3O2S/c1-25(19-11-13-26(14-12-19)20-7-4-3-5-8-20)24(29)18-15-23(28)27(17-18)21-9-6-10-22(16-21)30-2/h3-10,16,18-19H,11-15,17H2,1-2H3/t18-/m0/s1. The lowest BCUT2D eigenvalue weighted by atomic mass is 10.00. The zero-order chi connectivity index (χ0) is 21.1. The molecule has 158 valence electrons. The van der Waals surface area contributed by atoms with Gasteiger partial charge in [0.2, 0.25) is 11.8 Å². The lowest BCUT2D eigenvalue weighted by Gasteiger charge is -2.38. The monoisotopic (exact) mass is 423 g/mol. The number of nitrogens with zero attached hydrogens (tertiary/aromatic N) is 3. The Kier molecular flexibility index (Phi) is 6.32. The van der Waals surface area contributed by atoms with E-state index in [1.165, 1.54) is 5.69 Å². The summed E-state index contributed by atoms with van der Waals surface area (Å²) in [6, 6.07) is 18.7. The molecular formula is C24H29N3O2S. The minimum atomic E-state index is -0.257. The maximum atomic E-state index is 13.2. The normalized spacial score (nSPS) is 19.9. The SMILES string of the molecule is CSc1cccc(N2C[C@@H](C(=O)N(C)C3CCN(c4ccccc4)CC3)CC2=O)c1. The van der Waals surface area contributed by atoms with E-state index in [1.807, 2.05) is 48.5 Å². The summed E-state index contributed by atoms with van der Waals surface area (Å²) in [6.45, 7) is 2.37. The Bertz CT molecular complexity index is 896. The quantitative estimate of drug-likeness (QED) is 0.685. The van der Waals surface area contributed by atoms with E-state index < -0.39 is 0 Å². The van der Waals surface area contributed by atoms with Crippen LogP contribution in [-0.4, -0.2) is 55.7 Å². The lowest BCUT2D eigenvalue weighted by Crippen LogP contribution is -2.47. The second-order valence-electron chi connectivity index (χ2n) is 8.11. The summed E-state index contributed by atoms with van der Waals surface area (Å²) in [5.41, 5.74) is 2.13. The number of anilines is 2. The third kappa shape index (κ3) is 4.33. The largest absolute Gasteiger partial charge is 0.371 e. The lowest BCUT2D eigenvalue weighted by molar-refractivity contribution is -0.136. The molecule has 6 heteroatoms. The van der Waals surface area contributed by atoms with Crippen LogP contribution in [0.15, 0.2) is 59.5 Å². The van der Waals surface area contributed by atoms with Gasteiger partial charge in [0.05, 0.1) is 5.92 Å². The maximum Gasteiger partial charge on any atom is 0.228 e. The molecule has 0 N–H and O–H groups in total. The van der Waals surface area contributed by atoms with Crippen molar-refractivity contribution in [1.29, 1.82) is 0 Å². The molecule has 0 aliphatic carbocycles. The predicted octanol–water partition coefficient (Wildman–Crippen LogP) is 3.89. The van der Waals surface area contributed by atoms with E-state index in [0.717, 1.165) is 36.5 Å². The first-order chi connectivity index (χ1) is 14.6. The first-order valence-corrected chi connectivity index (χ1v) is 11.8. The number of hydrogen-bond donors (Lipinski definition) is 0. The van der Waals surface area contributed by atoms with Crippen molar-refractivity contribution < 1.29 is 9.59 Å². The second-order valence-corrected chi connectivity index (χ2v) is 8.99. The van der Waals surface area contributed by atoms with Crippen molar-refractivity contribution in [3.05, 3.63) is 54.6 Å². The topological polar surface area (TPSA) is 43.9 Å². The molecule has 0 radical (unpaired) electrons. The summed E-state index contributed by atoms with van der Waals surface area (Å²) in [5.74, 6) is -0.114. The molecule has 5 nitrogen and oxygen atoms in total. The van der Waals surface area contributed by atoms with Crippen LogP contribution in [-0.2, 0) is 9.59 Å². The van der Waals surface area contributed by atoms with Gasteiger partial charge in [0.1, 0.15) is 0 Å². The summed E-state index contributed by atoms with van der Waals surface area (Å²) in [7, 11) is 1.91. The van der Waals surface area contributed by atoms with Crippen molar-refractivity contribution in [2.24, 2.45) is 5.92 Å². The minimum Gasteiger partial charge on any atom is -0.371 e. The van der Waals surface area contributed by atoms with Crippen molar-refractivity contribution in [2.75, 3.05) is 42.7 Å². The van der Waals surface area contributed by atoms with Crippen LogP contribution in [0.2, 0.25) is 0 Å². The number of hydrogen-bond acceptors (Lipinski definition) is 4. The number of benzene rings is 2. The van der Waals surface area contributed by atoms with Crippen LogP contribution < -0.4 is 9.80 Å². The van der Waals surface area contributed by atoms with Crippen molar-refractivity contribution in [3.8, 4) is 0 Å². The molecule has 1 atom stereocenters. The second kappa shape index (κ2) is 9.13. The fourth-order valence-corrected chi connectivity index (χ4v) is 4.97. The molecule has 2 aliphatic rings. The molecule has 2 aromatic carbocycles. The fraction of sp³-hybridized carbons (Fsp3) is 0.417. The zero-order valence-electron chi connectivity index (χ0n) is 17.7. The van der Waals surface area contributed by atoms with Crippen molar-refractivity contribution in [2.45, 2.75) is 30.2 Å². The Morgan fingerprint density at radius 2 is 1.73 bits per heavy atom. The van der Waals surface area contributed by atoms with Gasteiger partial charge in [-0.2, -0.15) is 0 Å². The number of amides is 2. The van der Waals surface area contributed by atoms with Gasteiger partial charge in [0, 0.05) is 55.4 Å². The molecule has 0 spiro atoms. The smallest absolute Gasteiger partial charge is 0.228 e. The van der Waals surface area contributed by atoms with Gasteiger partial charge in [-0.15, -0.1) is 11.8 Å². The van der Waals surface area contributed by atoms with Gasteiger partial charge in [-0.05, 0) is 49.4 Å². The van der Waals surface area contributed by atoms with E-state index in [1.54, 1.807) is 16.7 Å². The van der Waals surface area contributed by atoms with E-state index in [0.29, 0.717) is 13.0 Å². The Balaban J connectivity index is 1.36. The average molecular weight is 424 g/mol. The molecule has 4 rings (SSSR count). The highest BCUT2D eigenvalue weighted by Gasteiger charge is 2.38. The maximum absolute atomic E-state index is 13.2. The van der Waals surface area contributed by atoms with Gasteiger partial charge >= 0.3 is 0 Å². The van der Waals surface area contributed by atoms with Gasteiger partial charge in [0.25, 0.3) is 0 Å². The number of thioether (sulfide) groups is 1. The van der Waals surface area contributed by atoms with Gasteiger partial charge in [-0.1, -0.05) is 24.3 Å². The Labute approximate surface area is 183 Å². The van der Waals surface area contributed by atoms with E-state index in [-0.39, 0.29) is 23.8 Å². The summed E-state index contributed by atoms with van der Waals surface area (Å²) in [5, 5.41) is 0. The molecule has 2 aliphatic heterocycles. The summed E-state index contributed by atoms with van der Waals surface area (Å²) >= 11 is 1.66. The van der Waals surface area contributed by atoms with Gasteiger partial charge in [0.15, 0.2) is 0 Å². The number of para-hydroxylation sites is 1. The van der Waals surface area contributed by atoms with Crippen LogP contribution in [0.25, 0.3) is 0 Å². The highest BCUT2D eigenvalue weighted by molar-refractivity contribution is 7.98. The average Bonchev–Trinajstić information content (AvgIpc) is 3.20. The molecule has 0 unspecified atom stereocenters. The van der Waals surface area contributed by atoms with Crippen molar-refractivity contribution >= 4 is 35.0 Å². The zero-order valence-corrected chi connectivity index (χ0v) is 18.5. The van der Waals surface area contributed by atoms with Gasteiger partial charge in [-0.3, -0.25) is 9.59 Å². The molecule has 0 aromatic heterocycles. The van der Waals surface area contributed by atoms with E-state index in [9.17, 15) is 9.59 Å². The Hall–Kier alpha value is -2.47. The molecule has 0 bridgehead atoms. The number of carbonyl (C=O) groups excluding carboxylic acids is 2. The summed E-state index contributed by atoms with van der Waals surface area (Å²) < 4.78 is 0.